The van der Waals surface area contributed by atoms with E-state index in [1.165, 1.54) is 28.8 Å². The van der Waals surface area contributed by atoms with Gasteiger partial charge in [-0.1, -0.05) is 89.2 Å². The molecule has 4 nitrogen and oxygen atoms in total. The molecule has 1 N–H and O–H groups in total. The van der Waals surface area contributed by atoms with Crippen molar-refractivity contribution in [2.75, 3.05) is 0 Å². The third kappa shape index (κ3) is 9.03. The molecular weight excluding hydrogens is 780 g/mol. The minimum absolute atomic E-state index is 0. The molecule has 0 aliphatic carbocycles. The number of ether oxygens (including phenoxy) is 1. The largest absolute Gasteiger partial charge is 0.512 e. The van der Waals surface area contributed by atoms with Gasteiger partial charge in [-0.3, -0.25) is 9.78 Å². The summed E-state index contributed by atoms with van der Waals surface area (Å²) in [7, 11) is 0. The third-order valence-corrected chi connectivity index (χ3v) is 8.57. The van der Waals surface area contributed by atoms with Gasteiger partial charge < -0.3 is 9.84 Å². The number of nitrogens with zero attached hydrogens (tertiary/aromatic N) is 1. The van der Waals surface area contributed by atoms with Crippen molar-refractivity contribution in [1.29, 1.82) is 0 Å². The number of halogens is 3. The second kappa shape index (κ2) is 16.3. The standard InChI is InChI=1S/C26H24NO.C13H21F3O2.Ir/c1-15(2)11-17-12-19-9-10-27-25-21-14-18-7-5-6-8-20(18)23(16(3)4)26(21)28-22(13-17)24(19)25;1-4-9(5-2)11(17)7-12(18)10(6-3)8-13(14,15)16;/h5-10,12-13,15-16H,11H2,1-4H3;7,9-10,17H,4-6,8H2,1-3H3;/q-1;;/b;11-7-;. The Labute approximate surface area is 290 Å². The summed E-state index contributed by atoms with van der Waals surface area (Å²) in [6, 6.07) is 18.6. The molecule has 5 rings (SSSR count). The van der Waals surface area contributed by atoms with Crippen molar-refractivity contribution < 1.29 is 47.9 Å². The number of aliphatic hydroxyl groups is 1. The minimum atomic E-state index is -4.35. The van der Waals surface area contributed by atoms with Crippen LogP contribution in [0.15, 0.2) is 60.5 Å². The number of benzene rings is 3. The minimum Gasteiger partial charge on any atom is -0.512 e. The van der Waals surface area contributed by atoms with Crippen molar-refractivity contribution in [2.24, 2.45) is 17.8 Å². The van der Waals surface area contributed by atoms with E-state index < -0.39 is 24.3 Å². The number of hydrogen-bond donors (Lipinski definition) is 1. The molecule has 0 fully saturated rings. The number of alkyl halides is 3. The summed E-state index contributed by atoms with van der Waals surface area (Å²) in [6.45, 7) is 14.2. The van der Waals surface area contributed by atoms with E-state index in [0.717, 1.165) is 46.0 Å². The Morgan fingerprint density at radius 2 is 1.66 bits per heavy atom. The molecule has 1 aliphatic rings. The molecule has 255 valence electrons. The Morgan fingerprint density at radius 3 is 2.26 bits per heavy atom. The van der Waals surface area contributed by atoms with Crippen LogP contribution in [0.2, 0.25) is 0 Å². The van der Waals surface area contributed by atoms with Gasteiger partial charge in [0.05, 0.1) is 17.9 Å². The van der Waals surface area contributed by atoms with Gasteiger partial charge >= 0.3 is 6.18 Å². The maximum absolute atomic E-state index is 12.2. The normalized spacial score (nSPS) is 13.3. The number of aliphatic hydroxyl groups excluding tert-OH is 1. The number of carbonyl (C=O) groups is 1. The molecule has 1 aliphatic heterocycles. The summed E-state index contributed by atoms with van der Waals surface area (Å²) in [5, 5.41) is 14.3. The van der Waals surface area contributed by atoms with E-state index in [1.54, 1.807) is 0 Å². The van der Waals surface area contributed by atoms with Crippen molar-refractivity contribution in [3.63, 3.8) is 0 Å². The third-order valence-electron chi connectivity index (χ3n) is 8.57. The molecule has 1 atom stereocenters. The summed E-state index contributed by atoms with van der Waals surface area (Å²) in [6.07, 6.45) is -0.137. The first kappa shape index (κ1) is 38.2. The van der Waals surface area contributed by atoms with Crippen LogP contribution in [0.5, 0.6) is 11.5 Å². The average Bonchev–Trinajstić information content (AvgIpc) is 2.99. The molecule has 1 unspecified atom stereocenters. The van der Waals surface area contributed by atoms with Crippen LogP contribution in [0.25, 0.3) is 32.8 Å². The van der Waals surface area contributed by atoms with Crippen LogP contribution in [0.3, 0.4) is 0 Å². The smallest absolute Gasteiger partial charge is 0.389 e. The maximum atomic E-state index is 12.2. The van der Waals surface area contributed by atoms with E-state index in [9.17, 15) is 23.1 Å². The van der Waals surface area contributed by atoms with Crippen molar-refractivity contribution in [2.45, 2.75) is 92.7 Å². The number of rotatable bonds is 10. The molecule has 1 aromatic heterocycles. The van der Waals surface area contributed by atoms with E-state index in [2.05, 4.69) is 76.2 Å². The van der Waals surface area contributed by atoms with Crippen LogP contribution >= 0.6 is 0 Å². The van der Waals surface area contributed by atoms with Gasteiger partial charge in [-0.2, -0.15) is 13.2 Å². The number of fused-ring (bicyclic) bond motifs is 3. The van der Waals surface area contributed by atoms with E-state index >= 15 is 0 Å². The summed E-state index contributed by atoms with van der Waals surface area (Å²) < 4.78 is 43.3. The quantitative estimate of drug-likeness (QED) is 0.0866. The van der Waals surface area contributed by atoms with Gasteiger partial charge in [0, 0.05) is 55.3 Å². The first-order valence-corrected chi connectivity index (χ1v) is 16.4. The van der Waals surface area contributed by atoms with Gasteiger partial charge in [0.15, 0.2) is 5.78 Å². The van der Waals surface area contributed by atoms with Gasteiger partial charge in [0.2, 0.25) is 0 Å². The monoisotopic (exact) mass is 825 g/mol. The van der Waals surface area contributed by atoms with Crippen LogP contribution < -0.4 is 4.74 Å². The van der Waals surface area contributed by atoms with E-state index in [1.807, 2.05) is 20.0 Å². The van der Waals surface area contributed by atoms with Gasteiger partial charge in [0.25, 0.3) is 0 Å². The number of allylic oxidation sites excluding steroid dienone is 2. The molecule has 0 saturated heterocycles. The first-order chi connectivity index (χ1) is 21.8. The Morgan fingerprint density at radius 1 is 1.00 bits per heavy atom. The Bertz CT molecular complexity index is 1720. The predicted octanol–water partition coefficient (Wildman–Crippen LogP) is 11.7. The number of aromatic nitrogens is 1. The molecular formula is C39H45F3IrNO3-. The van der Waals surface area contributed by atoms with Crippen LogP contribution in [-0.4, -0.2) is 22.1 Å². The number of hydrogen-bond acceptors (Lipinski definition) is 4. The average molecular weight is 825 g/mol. The number of ketones is 1. The fraction of sp³-hybridized carbons (Fsp3) is 0.436. The summed E-state index contributed by atoms with van der Waals surface area (Å²) in [4.78, 5) is 16.4. The Hall–Kier alpha value is -3.22. The topological polar surface area (TPSA) is 59.4 Å². The Kier molecular flexibility index (Phi) is 13.2. The number of pyridine rings is 1. The van der Waals surface area contributed by atoms with Gasteiger partial charge in [-0.15, -0.1) is 17.5 Å². The van der Waals surface area contributed by atoms with Gasteiger partial charge in [0.1, 0.15) is 5.75 Å². The molecule has 0 spiro atoms. The maximum Gasteiger partial charge on any atom is 0.389 e. The molecule has 8 heteroatoms. The van der Waals surface area contributed by atoms with Crippen molar-refractivity contribution >= 4 is 27.3 Å². The molecule has 0 bridgehead atoms. The fourth-order valence-electron chi connectivity index (χ4n) is 6.24. The second-order valence-electron chi connectivity index (χ2n) is 12.9. The molecule has 47 heavy (non-hydrogen) atoms. The summed E-state index contributed by atoms with van der Waals surface area (Å²) in [5.74, 6) is 0.791. The van der Waals surface area contributed by atoms with Crippen molar-refractivity contribution in [1.82, 2.24) is 4.98 Å². The van der Waals surface area contributed by atoms with E-state index in [0.29, 0.717) is 24.7 Å². The SMILES string of the molecule is CC(C)Cc1cc2c3c(nccc3c1)-c1[c-]c3ccccc3c(C(C)C)c1O2.CCC(CC(F)(F)F)C(=O)/C=C(\O)C(CC)CC.[Ir]. The van der Waals surface area contributed by atoms with Crippen LogP contribution in [0, 0.1) is 23.8 Å². The summed E-state index contributed by atoms with van der Waals surface area (Å²) >= 11 is 0. The molecule has 0 amide bonds. The van der Waals surface area contributed by atoms with E-state index in [-0.39, 0.29) is 38.2 Å². The Balaban J connectivity index is 0.000000278. The molecule has 0 saturated carbocycles. The molecule has 3 aromatic carbocycles. The predicted molar refractivity (Wildman–Crippen MR) is 180 cm³/mol. The zero-order valence-electron chi connectivity index (χ0n) is 28.2. The second-order valence-corrected chi connectivity index (χ2v) is 12.9. The zero-order chi connectivity index (χ0) is 33.8. The van der Waals surface area contributed by atoms with Gasteiger partial charge in [-0.25, -0.2) is 0 Å². The molecule has 2 heterocycles. The van der Waals surface area contributed by atoms with Crippen LogP contribution in [0.4, 0.5) is 13.2 Å². The van der Waals surface area contributed by atoms with Crippen LogP contribution in [-0.2, 0) is 31.3 Å². The van der Waals surface area contributed by atoms with Crippen LogP contribution in [0.1, 0.15) is 91.2 Å². The fourth-order valence-corrected chi connectivity index (χ4v) is 6.24. The van der Waals surface area contributed by atoms with Gasteiger partial charge in [-0.05, 0) is 60.6 Å². The number of carbonyl (C=O) groups excluding carboxylic acids is 1. The molecule has 4 aromatic rings. The first-order valence-electron chi connectivity index (χ1n) is 16.4. The van der Waals surface area contributed by atoms with Crippen molar-refractivity contribution in [3.05, 3.63) is 77.7 Å². The molecule has 1 radical (unpaired) electrons. The zero-order valence-corrected chi connectivity index (χ0v) is 30.6. The summed E-state index contributed by atoms with van der Waals surface area (Å²) in [5.41, 5.74) is 4.52. The van der Waals surface area contributed by atoms with Crippen molar-refractivity contribution in [3.8, 4) is 22.8 Å². The van der Waals surface area contributed by atoms with E-state index in [4.69, 9.17) is 9.72 Å².